The van der Waals surface area contributed by atoms with E-state index in [4.69, 9.17) is 0 Å². The molecule has 8 heteroatoms. The lowest BCUT2D eigenvalue weighted by Crippen LogP contribution is -2.48. The van der Waals surface area contributed by atoms with E-state index >= 15 is 0 Å². The van der Waals surface area contributed by atoms with E-state index in [0.717, 1.165) is 18.6 Å². The van der Waals surface area contributed by atoms with Crippen molar-refractivity contribution in [1.82, 2.24) is 4.90 Å². The van der Waals surface area contributed by atoms with Crippen molar-refractivity contribution in [2.45, 2.75) is 25.9 Å². The first kappa shape index (κ1) is 21.7. The van der Waals surface area contributed by atoms with Crippen LogP contribution in [0.5, 0.6) is 0 Å². The van der Waals surface area contributed by atoms with E-state index in [2.05, 4.69) is 5.32 Å². The molecule has 0 aromatic heterocycles. The van der Waals surface area contributed by atoms with E-state index in [1.165, 1.54) is 6.07 Å². The van der Waals surface area contributed by atoms with Crippen LogP contribution in [-0.4, -0.2) is 42.9 Å². The molecule has 2 amide bonds. The van der Waals surface area contributed by atoms with Crippen LogP contribution in [0.2, 0.25) is 0 Å². The predicted molar refractivity (Wildman–Crippen MR) is 110 cm³/mol. The average Bonchev–Trinajstić information content (AvgIpc) is 2.73. The summed E-state index contributed by atoms with van der Waals surface area (Å²) < 4.78 is 38.8. The molecule has 3 rings (SSSR count). The molecule has 0 unspecified atom stereocenters. The summed E-state index contributed by atoms with van der Waals surface area (Å²) in [6, 6.07) is 12.0. The van der Waals surface area contributed by atoms with E-state index in [-0.39, 0.29) is 11.8 Å². The summed E-state index contributed by atoms with van der Waals surface area (Å²) in [5.41, 5.74) is 0.976. The van der Waals surface area contributed by atoms with E-state index < -0.39 is 11.7 Å². The number of anilines is 2. The number of piperazine rings is 1. The molecule has 0 atom stereocenters. The maximum absolute atomic E-state index is 12.9. The molecule has 0 bridgehead atoms. The zero-order valence-electron chi connectivity index (χ0n) is 16.7. The van der Waals surface area contributed by atoms with Crippen molar-refractivity contribution in [2.75, 3.05) is 36.4 Å². The fourth-order valence-corrected chi connectivity index (χ4v) is 3.38. The molecular weight excluding hydrogens is 395 g/mol. The minimum Gasteiger partial charge on any atom is -0.368 e. The minimum atomic E-state index is -4.38. The topological polar surface area (TPSA) is 52.7 Å². The maximum atomic E-state index is 12.9. The van der Waals surface area contributed by atoms with Crippen LogP contribution < -0.4 is 10.2 Å². The van der Waals surface area contributed by atoms with Gasteiger partial charge in [-0.3, -0.25) is 9.59 Å². The second-order valence-corrected chi connectivity index (χ2v) is 7.20. The highest BCUT2D eigenvalue weighted by Gasteiger charge is 2.31. The molecule has 1 heterocycles. The monoisotopic (exact) mass is 419 g/mol. The van der Waals surface area contributed by atoms with Crippen LogP contribution in [0.25, 0.3) is 0 Å². The average molecular weight is 419 g/mol. The highest BCUT2D eigenvalue weighted by Crippen LogP contribution is 2.32. The van der Waals surface area contributed by atoms with Crippen LogP contribution in [0.3, 0.4) is 0 Å². The second-order valence-electron chi connectivity index (χ2n) is 7.20. The van der Waals surface area contributed by atoms with Crippen LogP contribution in [0.15, 0.2) is 48.5 Å². The van der Waals surface area contributed by atoms with Crippen molar-refractivity contribution in [1.29, 1.82) is 0 Å². The number of alkyl halides is 3. The Kier molecular flexibility index (Phi) is 6.64. The lowest BCUT2D eigenvalue weighted by Gasteiger charge is -2.36. The van der Waals surface area contributed by atoms with Gasteiger partial charge < -0.3 is 15.1 Å². The van der Waals surface area contributed by atoms with Crippen molar-refractivity contribution in [3.05, 3.63) is 59.7 Å². The molecular formula is C22H24F3N3O2. The molecule has 30 heavy (non-hydrogen) atoms. The lowest BCUT2D eigenvalue weighted by atomic mass is 10.1. The number of nitrogens with one attached hydrogen (secondary N) is 1. The third kappa shape index (κ3) is 5.31. The molecule has 2 aromatic rings. The second kappa shape index (κ2) is 9.19. The van der Waals surface area contributed by atoms with E-state index in [0.29, 0.717) is 49.5 Å². The Morgan fingerprint density at radius 1 is 1.00 bits per heavy atom. The number of nitrogens with zero attached hydrogens (tertiary/aromatic N) is 2. The number of hydrogen-bond acceptors (Lipinski definition) is 3. The molecule has 160 valence electrons. The molecule has 1 N–H and O–H groups in total. The Balaban J connectivity index is 1.58. The Morgan fingerprint density at radius 3 is 2.27 bits per heavy atom. The first-order chi connectivity index (χ1) is 14.3. The Hall–Kier alpha value is -3.03. The summed E-state index contributed by atoms with van der Waals surface area (Å²) in [5, 5.41) is 2.78. The first-order valence-electron chi connectivity index (χ1n) is 9.89. The third-order valence-electron chi connectivity index (χ3n) is 5.00. The van der Waals surface area contributed by atoms with Gasteiger partial charge in [-0.2, -0.15) is 13.2 Å². The van der Waals surface area contributed by atoms with Crippen molar-refractivity contribution in [3.63, 3.8) is 0 Å². The van der Waals surface area contributed by atoms with Crippen molar-refractivity contribution >= 4 is 23.2 Å². The zero-order valence-corrected chi connectivity index (χ0v) is 16.7. The summed E-state index contributed by atoms with van der Waals surface area (Å²) in [7, 11) is 0. The maximum Gasteiger partial charge on any atom is 0.416 e. The van der Waals surface area contributed by atoms with E-state index in [1.54, 1.807) is 35.2 Å². The smallest absolute Gasteiger partial charge is 0.368 e. The van der Waals surface area contributed by atoms with Gasteiger partial charge in [0.15, 0.2) is 0 Å². The number of halogens is 3. The van der Waals surface area contributed by atoms with Gasteiger partial charge >= 0.3 is 6.18 Å². The first-order valence-corrected chi connectivity index (χ1v) is 9.89. The largest absolute Gasteiger partial charge is 0.416 e. The van der Waals surface area contributed by atoms with Crippen molar-refractivity contribution < 1.29 is 22.8 Å². The molecule has 5 nitrogen and oxygen atoms in total. The molecule has 0 spiro atoms. The highest BCUT2D eigenvalue weighted by molar-refractivity contribution is 5.96. The zero-order chi connectivity index (χ0) is 21.7. The molecule has 0 saturated carbocycles. The van der Waals surface area contributed by atoms with Gasteiger partial charge in [-0.25, -0.2) is 0 Å². The molecule has 1 saturated heterocycles. The van der Waals surface area contributed by atoms with Gasteiger partial charge in [-0.15, -0.1) is 0 Å². The summed E-state index contributed by atoms with van der Waals surface area (Å²) in [5.74, 6) is -0.201. The van der Waals surface area contributed by atoms with Gasteiger partial charge in [0.05, 0.1) is 5.56 Å². The van der Waals surface area contributed by atoms with Gasteiger partial charge in [-0.1, -0.05) is 13.0 Å². The van der Waals surface area contributed by atoms with Crippen LogP contribution in [0, 0.1) is 0 Å². The SMILES string of the molecule is CCCC(=O)Nc1ccc(C(=O)N2CCN(c3cccc(C(F)(F)F)c3)CC2)cc1. The van der Waals surface area contributed by atoms with Crippen LogP contribution in [0.4, 0.5) is 24.5 Å². The van der Waals surface area contributed by atoms with Gasteiger partial charge in [-0.05, 0) is 48.9 Å². The number of benzene rings is 2. The number of amides is 2. The molecule has 0 radical (unpaired) electrons. The van der Waals surface area contributed by atoms with Crippen molar-refractivity contribution in [3.8, 4) is 0 Å². The van der Waals surface area contributed by atoms with Crippen molar-refractivity contribution in [2.24, 2.45) is 0 Å². The van der Waals surface area contributed by atoms with Gasteiger partial charge in [0, 0.05) is 49.5 Å². The van der Waals surface area contributed by atoms with Gasteiger partial charge in [0.1, 0.15) is 0 Å². The van der Waals surface area contributed by atoms with Crippen LogP contribution >= 0.6 is 0 Å². The quantitative estimate of drug-likeness (QED) is 0.781. The van der Waals surface area contributed by atoms with Gasteiger partial charge in [0.25, 0.3) is 5.91 Å². The standard InChI is InChI=1S/C22H24F3N3O2/c1-2-4-20(29)26-18-9-7-16(8-10-18)21(30)28-13-11-27(12-14-28)19-6-3-5-17(15-19)22(23,24)25/h3,5-10,15H,2,4,11-14H2,1H3,(H,26,29). The molecule has 1 aliphatic heterocycles. The highest BCUT2D eigenvalue weighted by atomic mass is 19.4. The number of carbonyl (C=O) groups excluding carboxylic acids is 2. The fraction of sp³-hybridized carbons (Fsp3) is 0.364. The van der Waals surface area contributed by atoms with E-state index in [9.17, 15) is 22.8 Å². The number of rotatable bonds is 5. The normalized spacial score (nSPS) is 14.5. The Bertz CT molecular complexity index is 889. The van der Waals surface area contributed by atoms with Gasteiger partial charge in [0.2, 0.25) is 5.91 Å². The summed E-state index contributed by atoms with van der Waals surface area (Å²) >= 11 is 0. The Labute approximate surface area is 173 Å². The summed E-state index contributed by atoms with van der Waals surface area (Å²) in [6.07, 6.45) is -3.18. The molecule has 0 aliphatic carbocycles. The number of hydrogen-bond donors (Lipinski definition) is 1. The summed E-state index contributed by atoms with van der Waals surface area (Å²) in [4.78, 5) is 27.9. The minimum absolute atomic E-state index is 0.0673. The summed E-state index contributed by atoms with van der Waals surface area (Å²) in [6.45, 7) is 3.68. The number of carbonyl (C=O) groups is 2. The Morgan fingerprint density at radius 2 is 1.67 bits per heavy atom. The predicted octanol–water partition coefficient (Wildman–Crippen LogP) is 4.41. The lowest BCUT2D eigenvalue weighted by molar-refractivity contribution is -0.137. The molecule has 1 fully saturated rings. The van der Waals surface area contributed by atoms with Crippen LogP contribution in [0.1, 0.15) is 35.7 Å². The molecule has 2 aromatic carbocycles. The molecule has 1 aliphatic rings. The van der Waals surface area contributed by atoms with E-state index in [1.807, 2.05) is 11.8 Å². The third-order valence-corrected chi connectivity index (χ3v) is 5.00. The van der Waals surface area contributed by atoms with Crippen LogP contribution in [-0.2, 0) is 11.0 Å². The fourth-order valence-electron chi connectivity index (χ4n) is 3.38.